The molecule has 0 amide bonds. The van der Waals surface area contributed by atoms with Gasteiger partial charge in [0.15, 0.2) is 0 Å². The molecule has 0 bridgehead atoms. The standard InChI is InChI=1S/C14H26N2O2S2/c1-5-12(4)10-16(7-3)20(17,18)14-8-13(19-11-14)9-15-6-2/h8,11-12,15H,5-7,9-10H2,1-4H3. The Morgan fingerprint density at radius 3 is 2.60 bits per heavy atom. The smallest absolute Gasteiger partial charge is 0.243 e. The summed E-state index contributed by atoms with van der Waals surface area (Å²) in [5, 5.41) is 4.97. The molecule has 1 N–H and O–H groups in total. The number of rotatable bonds is 9. The highest BCUT2D eigenvalue weighted by Crippen LogP contribution is 2.23. The average Bonchev–Trinajstić information content (AvgIpc) is 2.91. The molecule has 1 aromatic heterocycles. The zero-order chi connectivity index (χ0) is 15.2. The second kappa shape index (κ2) is 8.12. The topological polar surface area (TPSA) is 49.4 Å². The molecule has 4 nitrogen and oxygen atoms in total. The van der Waals surface area contributed by atoms with Gasteiger partial charge >= 0.3 is 0 Å². The second-order valence-corrected chi connectivity index (χ2v) is 7.93. The van der Waals surface area contributed by atoms with Gasteiger partial charge in [-0.15, -0.1) is 11.3 Å². The number of sulfonamides is 1. The van der Waals surface area contributed by atoms with Crippen molar-refractivity contribution >= 4 is 21.4 Å². The summed E-state index contributed by atoms with van der Waals surface area (Å²) in [5.41, 5.74) is 0. The van der Waals surface area contributed by atoms with E-state index in [1.165, 1.54) is 11.3 Å². The van der Waals surface area contributed by atoms with Crippen molar-refractivity contribution < 1.29 is 8.42 Å². The van der Waals surface area contributed by atoms with Crippen molar-refractivity contribution in [2.24, 2.45) is 5.92 Å². The predicted octanol–water partition coefficient (Wildman–Crippen LogP) is 2.91. The lowest BCUT2D eigenvalue weighted by Gasteiger charge is -2.22. The van der Waals surface area contributed by atoms with E-state index in [0.29, 0.717) is 23.9 Å². The minimum absolute atomic E-state index is 0.379. The Morgan fingerprint density at radius 1 is 1.35 bits per heavy atom. The summed E-state index contributed by atoms with van der Waals surface area (Å²) >= 11 is 1.50. The third kappa shape index (κ3) is 4.55. The van der Waals surface area contributed by atoms with E-state index in [1.807, 2.05) is 13.8 Å². The van der Waals surface area contributed by atoms with Gasteiger partial charge in [-0.25, -0.2) is 8.42 Å². The van der Waals surface area contributed by atoms with Gasteiger partial charge in [0.25, 0.3) is 0 Å². The van der Waals surface area contributed by atoms with Crippen LogP contribution in [0.1, 0.15) is 39.0 Å². The van der Waals surface area contributed by atoms with Gasteiger partial charge in [0.1, 0.15) is 0 Å². The van der Waals surface area contributed by atoms with Crippen LogP contribution < -0.4 is 5.32 Å². The van der Waals surface area contributed by atoms with Crippen LogP contribution in [-0.4, -0.2) is 32.4 Å². The number of hydrogen-bond donors (Lipinski definition) is 1. The Hall–Kier alpha value is -0.430. The van der Waals surface area contributed by atoms with E-state index in [4.69, 9.17) is 0 Å². The minimum atomic E-state index is -3.34. The Morgan fingerprint density at radius 2 is 2.05 bits per heavy atom. The quantitative estimate of drug-likeness (QED) is 0.761. The zero-order valence-electron chi connectivity index (χ0n) is 12.8. The van der Waals surface area contributed by atoms with Crippen LogP contribution in [0.2, 0.25) is 0 Å². The Bertz CT molecular complexity index is 497. The minimum Gasteiger partial charge on any atom is -0.312 e. The highest BCUT2D eigenvalue weighted by molar-refractivity contribution is 7.89. The SMILES string of the molecule is CCNCc1cc(S(=O)(=O)N(CC)CC(C)CC)cs1. The van der Waals surface area contributed by atoms with Crippen molar-refractivity contribution in [2.75, 3.05) is 19.6 Å². The first-order valence-electron chi connectivity index (χ1n) is 7.23. The molecule has 0 fully saturated rings. The molecule has 1 rings (SSSR count). The van der Waals surface area contributed by atoms with Crippen molar-refractivity contribution in [3.8, 4) is 0 Å². The maximum Gasteiger partial charge on any atom is 0.243 e. The molecule has 1 aromatic rings. The van der Waals surface area contributed by atoms with E-state index in [1.54, 1.807) is 15.8 Å². The number of nitrogens with zero attached hydrogens (tertiary/aromatic N) is 1. The normalized spacial score (nSPS) is 13.8. The molecule has 1 atom stereocenters. The summed E-state index contributed by atoms with van der Waals surface area (Å²) in [6, 6.07) is 1.79. The number of nitrogens with one attached hydrogen (secondary N) is 1. The van der Waals surface area contributed by atoms with Crippen molar-refractivity contribution in [3.63, 3.8) is 0 Å². The van der Waals surface area contributed by atoms with Gasteiger partial charge in [-0.1, -0.05) is 34.1 Å². The third-order valence-corrected chi connectivity index (χ3v) is 6.39. The molecular weight excluding hydrogens is 292 g/mol. The van der Waals surface area contributed by atoms with Gasteiger partial charge in [-0.05, 0) is 18.5 Å². The molecule has 0 radical (unpaired) electrons. The lowest BCUT2D eigenvalue weighted by Crippen LogP contribution is -2.34. The molecule has 0 saturated carbocycles. The molecule has 0 aliphatic carbocycles. The lowest BCUT2D eigenvalue weighted by atomic mass is 10.1. The summed E-state index contributed by atoms with van der Waals surface area (Å²) in [6.45, 7) is 10.8. The highest BCUT2D eigenvalue weighted by atomic mass is 32.2. The largest absolute Gasteiger partial charge is 0.312 e. The van der Waals surface area contributed by atoms with Crippen LogP contribution in [0.15, 0.2) is 16.3 Å². The number of thiophene rings is 1. The molecule has 6 heteroatoms. The van der Waals surface area contributed by atoms with Crippen LogP contribution in [0, 0.1) is 5.92 Å². The van der Waals surface area contributed by atoms with Crippen molar-refractivity contribution in [3.05, 3.63) is 16.3 Å². The molecule has 1 unspecified atom stereocenters. The molecule has 0 aliphatic heterocycles. The molecule has 116 valence electrons. The van der Waals surface area contributed by atoms with Crippen LogP contribution in [-0.2, 0) is 16.6 Å². The van der Waals surface area contributed by atoms with E-state index in [-0.39, 0.29) is 0 Å². The summed E-state index contributed by atoms with van der Waals surface area (Å²) in [4.78, 5) is 1.49. The maximum atomic E-state index is 12.6. The third-order valence-electron chi connectivity index (χ3n) is 3.38. The van der Waals surface area contributed by atoms with E-state index >= 15 is 0 Å². The van der Waals surface area contributed by atoms with E-state index in [0.717, 1.165) is 24.4 Å². The van der Waals surface area contributed by atoms with Crippen molar-refractivity contribution in [1.29, 1.82) is 0 Å². The molecule has 0 aliphatic rings. The lowest BCUT2D eigenvalue weighted by molar-refractivity contribution is 0.361. The fourth-order valence-electron chi connectivity index (χ4n) is 1.86. The van der Waals surface area contributed by atoms with Gasteiger partial charge in [0, 0.05) is 29.9 Å². The van der Waals surface area contributed by atoms with Crippen LogP contribution in [0.3, 0.4) is 0 Å². The van der Waals surface area contributed by atoms with Gasteiger partial charge in [0.05, 0.1) is 4.90 Å². The van der Waals surface area contributed by atoms with E-state index < -0.39 is 10.0 Å². The Balaban J connectivity index is 2.87. The summed E-state index contributed by atoms with van der Waals surface area (Å²) < 4.78 is 26.8. The molecule has 20 heavy (non-hydrogen) atoms. The van der Waals surface area contributed by atoms with Crippen LogP contribution in [0.5, 0.6) is 0 Å². The van der Waals surface area contributed by atoms with Gasteiger partial charge in [-0.3, -0.25) is 0 Å². The first kappa shape index (κ1) is 17.6. The summed E-state index contributed by atoms with van der Waals surface area (Å²) in [7, 11) is -3.34. The summed E-state index contributed by atoms with van der Waals surface area (Å²) in [5.74, 6) is 0.379. The maximum absolute atomic E-state index is 12.6. The summed E-state index contributed by atoms with van der Waals surface area (Å²) in [6.07, 6.45) is 0.987. The van der Waals surface area contributed by atoms with Crippen molar-refractivity contribution in [2.45, 2.75) is 45.6 Å². The van der Waals surface area contributed by atoms with Crippen LogP contribution in [0.25, 0.3) is 0 Å². The van der Waals surface area contributed by atoms with Crippen molar-refractivity contribution in [1.82, 2.24) is 9.62 Å². The zero-order valence-corrected chi connectivity index (χ0v) is 14.5. The van der Waals surface area contributed by atoms with E-state index in [2.05, 4.69) is 19.2 Å². The molecule has 1 heterocycles. The second-order valence-electron chi connectivity index (χ2n) is 5.00. The van der Waals surface area contributed by atoms with Gasteiger partial charge in [-0.2, -0.15) is 4.31 Å². The van der Waals surface area contributed by atoms with Crippen LogP contribution in [0.4, 0.5) is 0 Å². The predicted molar refractivity (Wildman–Crippen MR) is 85.6 cm³/mol. The molecule has 0 spiro atoms. The van der Waals surface area contributed by atoms with E-state index in [9.17, 15) is 8.42 Å². The molecule has 0 saturated heterocycles. The van der Waals surface area contributed by atoms with Gasteiger partial charge in [0.2, 0.25) is 10.0 Å². The highest BCUT2D eigenvalue weighted by Gasteiger charge is 2.25. The van der Waals surface area contributed by atoms with Gasteiger partial charge < -0.3 is 5.32 Å². The molecule has 0 aromatic carbocycles. The Labute approximate surface area is 127 Å². The van der Waals surface area contributed by atoms with Crippen LogP contribution >= 0.6 is 11.3 Å². The first-order valence-corrected chi connectivity index (χ1v) is 9.55. The number of hydrogen-bond acceptors (Lipinski definition) is 4. The monoisotopic (exact) mass is 318 g/mol. The average molecular weight is 319 g/mol. The molecular formula is C14H26N2O2S2. The first-order chi connectivity index (χ1) is 9.45. The Kier molecular flexibility index (Phi) is 7.15. The fourth-order valence-corrected chi connectivity index (χ4v) is 4.66. The fraction of sp³-hybridized carbons (Fsp3) is 0.714.